The minimum absolute atomic E-state index is 0.156. The van der Waals surface area contributed by atoms with E-state index >= 15 is 0 Å². The van der Waals surface area contributed by atoms with Crippen LogP contribution in [-0.4, -0.2) is 42.0 Å². The van der Waals surface area contributed by atoms with Gasteiger partial charge in [-0.3, -0.25) is 4.79 Å². The summed E-state index contributed by atoms with van der Waals surface area (Å²) in [5.74, 6) is 0.156. The minimum Gasteiger partial charge on any atom is -0.346 e. The maximum absolute atomic E-state index is 12.4. The maximum Gasteiger partial charge on any atom is 0.254 e. The summed E-state index contributed by atoms with van der Waals surface area (Å²) in [6, 6.07) is 1.90. The summed E-state index contributed by atoms with van der Waals surface area (Å²) < 4.78 is 0. The molecule has 0 N–H and O–H groups in total. The Morgan fingerprint density at radius 3 is 2.85 bits per heavy atom. The van der Waals surface area contributed by atoms with Crippen molar-refractivity contribution in [1.29, 1.82) is 0 Å². The van der Waals surface area contributed by atoms with Crippen LogP contribution in [0.5, 0.6) is 0 Å². The molecule has 0 saturated carbocycles. The fraction of sp³-hybridized carbons (Fsp3) is 0.429. The zero-order valence-corrected chi connectivity index (χ0v) is 13.0. The topological polar surface area (TPSA) is 36.4 Å². The molecule has 0 aliphatic carbocycles. The number of aryl methyl sites for hydroxylation is 1. The Bertz CT molecular complexity index is 579. The molecule has 1 amide bonds. The van der Waals surface area contributed by atoms with E-state index in [4.69, 9.17) is 0 Å². The van der Waals surface area contributed by atoms with Gasteiger partial charge in [0.2, 0.25) is 0 Å². The second kappa shape index (κ2) is 5.93. The molecule has 2 aromatic rings. The third-order valence-electron chi connectivity index (χ3n) is 3.43. The van der Waals surface area contributed by atoms with Crippen molar-refractivity contribution in [2.75, 3.05) is 31.1 Å². The van der Waals surface area contributed by atoms with Gasteiger partial charge in [0, 0.05) is 36.9 Å². The summed E-state index contributed by atoms with van der Waals surface area (Å²) in [6.45, 7) is 5.45. The number of nitrogens with zero attached hydrogens (tertiary/aromatic N) is 3. The largest absolute Gasteiger partial charge is 0.346 e. The summed E-state index contributed by atoms with van der Waals surface area (Å²) in [7, 11) is 0. The lowest BCUT2D eigenvalue weighted by molar-refractivity contribution is 0.0767. The summed E-state index contributed by atoms with van der Waals surface area (Å²) >= 11 is 3.26. The van der Waals surface area contributed by atoms with Crippen molar-refractivity contribution in [2.45, 2.75) is 13.3 Å². The van der Waals surface area contributed by atoms with Crippen molar-refractivity contribution in [3.63, 3.8) is 0 Å². The summed E-state index contributed by atoms with van der Waals surface area (Å²) in [5.41, 5.74) is 1.88. The fourth-order valence-corrected chi connectivity index (χ4v) is 3.85. The van der Waals surface area contributed by atoms with E-state index < -0.39 is 0 Å². The average molecular weight is 307 g/mol. The molecule has 4 nitrogen and oxygen atoms in total. The van der Waals surface area contributed by atoms with Gasteiger partial charge in [0.1, 0.15) is 0 Å². The van der Waals surface area contributed by atoms with E-state index in [0.717, 1.165) is 49.0 Å². The van der Waals surface area contributed by atoms with Crippen LogP contribution < -0.4 is 4.90 Å². The zero-order valence-electron chi connectivity index (χ0n) is 11.4. The van der Waals surface area contributed by atoms with Crippen LogP contribution in [0.15, 0.2) is 22.2 Å². The molecule has 0 radical (unpaired) electrons. The van der Waals surface area contributed by atoms with Crippen LogP contribution >= 0.6 is 22.7 Å². The highest BCUT2D eigenvalue weighted by molar-refractivity contribution is 7.13. The molecule has 1 aliphatic rings. The van der Waals surface area contributed by atoms with E-state index in [1.54, 1.807) is 22.7 Å². The first kappa shape index (κ1) is 13.6. The predicted molar refractivity (Wildman–Crippen MR) is 83.9 cm³/mol. The van der Waals surface area contributed by atoms with Gasteiger partial charge in [-0.2, -0.15) is 11.3 Å². The van der Waals surface area contributed by atoms with E-state index in [2.05, 4.69) is 15.3 Å². The van der Waals surface area contributed by atoms with Gasteiger partial charge in [0.25, 0.3) is 5.91 Å². The van der Waals surface area contributed by atoms with E-state index in [-0.39, 0.29) is 5.91 Å². The van der Waals surface area contributed by atoms with Crippen molar-refractivity contribution in [3.8, 4) is 0 Å². The van der Waals surface area contributed by atoms with Gasteiger partial charge in [-0.1, -0.05) is 0 Å². The average Bonchev–Trinajstić information content (AvgIpc) is 3.05. The summed E-state index contributed by atoms with van der Waals surface area (Å²) in [6.07, 6.45) is 0.995. The van der Waals surface area contributed by atoms with Crippen LogP contribution in [0.3, 0.4) is 0 Å². The molecule has 1 saturated heterocycles. The Morgan fingerprint density at radius 1 is 1.25 bits per heavy atom. The quantitative estimate of drug-likeness (QED) is 0.856. The van der Waals surface area contributed by atoms with Crippen LogP contribution in [0, 0.1) is 6.92 Å². The monoisotopic (exact) mass is 307 g/mol. The molecule has 2 aromatic heterocycles. The number of carbonyl (C=O) groups is 1. The zero-order chi connectivity index (χ0) is 13.9. The van der Waals surface area contributed by atoms with Crippen molar-refractivity contribution in [2.24, 2.45) is 0 Å². The Morgan fingerprint density at radius 2 is 2.15 bits per heavy atom. The Kier molecular flexibility index (Phi) is 4.03. The van der Waals surface area contributed by atoms with E-state index in [0.29, 0.717) is 0 Å². The molecule has 0 atom stereocenters. The van der Waals surface area contributed by atoms with Crippen molar-refractivity contribution in [1.82, 2.24) is 9.88 Å². The lowest BCUT2D eigenvalue weighted by Crippen LogP contribution is -2.35. The first-order chi connectivity index (χ1) is 9.74. The van der Waals surface area contributed by atoms with Crippen LogP contribution in [0.2, 0.25) is 0 Å². The highest BCUT2D eigenvalue weighted by Crippen LogP contribution is 2.22. The third kappa shape index (κ3) is 2.86. The van der Waals surface area contributed by atoms with Crippen LogP contribution in [-0.2, 0) is 0 Å². The Balaban J connectivity index is 1.66. The molecule has 6 heteroatoms. The molecule has 0 bridgehead atoms. The molecule has 0 aromatic carbocycles. The van der Waals surface area contributed by atoms with E-state index in [9.17, 15) is 4.79 Å². The molecular formula is C14H17N3OS2. The van der Waals surface area contributed by atoms with Gasteiger partial charge in [0.05, 0.1) is 11.3 Å². The standard InChI is InChI=1S/C14H17N3OS2/c1-11-9-20-14(15-11)17-5-2-4-16(6-7-17)13(18)12-3-8-19-10-12/h3,8-10H,2,4-7H2,1H3. The van der Waals surface area contributed by atoms with Gasteiger partial charge in [-0.15, -0.1) is 11.3 Å². The number of amides is 1. The van der Waals surface area contributed by atoms with Crippen molar-refractivity contribution >= 4 is 33.7 Å². The third-order valence-corrected chi connectivity index (χ3v) is 5.13. The molecule has 0 unspecified atom stereocenters. The Labute approximate surface area is 126 Å². The van der Waals surface area contributed by atoms with Crippen LogP contribution in [0.4, 0.5) is 5.13 Å². The highest BCUT2D eigenvalue weighted by Gasteiger charge is 2.21. The number of thiazole rings is 1. The second-order valence-corrected chi connectivity index (χ2v) is 6.53. The number of hydrogen-bond donors (Lipinski definition) is 0. The normalized spacial score (nSPS) is 16.2. The molecule has 3 rings (SSSR count). The van der Waals surface area contributed by atoms with E-state index in [1.165, 1.54) is 0 Å². The highest BCUT2D eigenvalue weighted by atomic mass is 32.1. The minimum atomic E-state index is 0.156. The maximum atomic E-state index is 12.4. The van der Waals surface area contributed by atoms with Gasteiger partial charge >= 0.3 is 0 Å². The second-order valence-electron chi connectivity index (χ2n) is 4.92. The smallest absolute Gasteiger partial charge is 0.254 e. The first-order valence-electron chi connectivity index (χ1n) is 6.72. The fourth-order valence-electron chi connectivity index (χ4n) is 2.37. The molecule has 1 aliphatic heterocycles. The van der Waals surface area contributed by atoms with Gasteiger partial charge < -0.3 is 9.80 Å². The molecule has 106 valence electrons. The lowest BCUT2D eigenvalue weighted by Gasteiger charge is -2.21. The molecular weight excluding hydrogens is 290 g/mol. The number of thiophene rings is 1. The van der Waals surface area contributed by atoms with Crippen molar-refractivity contribution < 1.29 is 4.79 Å². The predicted octanol–water partition coefficient (Wildman–Crippen LogP) is 2.87. The first-order valence-corrected chi connectivity index (χ1v) is 8.55. The van der Waals surface area contributed by atoms with Crippen molar-refractivity contribution in [3.05, 3.63) is 33.5 Å². The molecule has 20 heavy (non-hydrogen) atoms. The van der Waals surface area contributed by atoms with Gasteiger partial charge in [-0.25, -0.2) is 4.98 Å². The van der Waals surface area contributed by atoms with E-state index in [1.807, 2.05) is 28.7 Å². The number of rotatable bonds is 2. The number of carbonyl (C=O) groups excluding carboxylic acids is 1. The summed E-state index contributed by atoms with van der Waals surface area (Å²) in [4.78, 5) is 21.2. The number of anilines is 1. The molecule has 0 spiro atoms. The number of aromatic nitrogens is 1. The van der Waals surface area contributed by atoms with Crippen LogP contribution in [0.25, 0.3) is 0 Å². The SMILES string of the molecule is Cc1csc(N2CCCN(C(=O)c3ccsc3)CC2)n1. The lowest BCUT2D eigenvalue weighted by atomic mass is 10.3. The van der Waals surface area contributed by atoms with Gasteiger partial charge in [-0.05, 0) is 24.8 Å². The molecule has 3 heterocycles. The van der Waals surface area contributed by atoms with Crippen LogP contribution in [0.1, 0.15) is 22.5 Å². The van der Waals surface area contributed by atoms with Gasteiger partial charge in [0.15, 0.2) is 5.13 Å². The summed E-state index contributed by atoms with van der Waals surface area (Å²) in [5, 5.41) is 7.03. The number of hydrogen-bond acceptors (Lipinski definition) is 5. The molecule has 1 fully saturated rings. The Hall–Kier alpha value is -1.40.